The van der Waals surface area contributed by atoms with Gasteiger partial charge in [-0.05, 0) is 48.5 Å². The molecule has 0 heterocycles. The molecule has 0 aliphatic heterocycles. The third-order valence-electron chi connectivity index (χ3n) is 4.54. The van der Waals surface area contributed by atoms with Crippen LogP contribution in [0.15, 0.2) is 48.5 Å². The molecule has 2 rings (SSSR count). The van der Waals surface area contributed by atoms with Crippen LogP contribution in [-0.4, -0.2) is 103 Å². The van der Waals surface area contributed by atoms with Crippen LogP contribution in [0.4, 0.5) is 0 Å². The van der Waals surface area contributed by atoms with Crippen LogP contribution >= 0.6 is 0 Å². The number of rotatable bonds is 13. The summed E-state index contributed by atoms with van der Waals surface area (Å²) in [4.78, 5) is 31.5. The van der Waals surface area contributed by atoms with Crippen molar-refractivity contribution in [2.45, 2.75) is 30.8 Å². The number of aromatic carboxylic acids is 2. The first-order valence-corrected chi connectivity index (χ1v) is 10.5. The van der Waals surface area contributed by atoms with Crippen LogP contribution in [0.25, 0.3) is 0 Å². The molecule has 2 aromatic carbocycles. The van der Waals surface area contributed by atoms with Crippen LogP contribution in [0, 0.1) is 0 Å². The summed E-state index contributed by atoms with van der Waals surface area (Å²) in [5, 5.41) is 69.4. The molecule has 198 valence electrons. The molecule has 0 amide bonds. The lowest BCUT2D eigenvalue weighted by molar-refractivity contribution is -0.164. The molecule has 4 unspecified atom stereocenters. The van der Waals surface area contributed by atoms with Gasteiger partial charge in [0.1, 0.15) is 29.8 Å². The number of aliphatic hydroxyl groups excluding tert-OH is 5. The van der Waals surface area contributed by atoms with Crippen LogP contribution in [0.3, 0.4) is 0 Å². The molecule has 0 radical (unpaired) electrons. The molecular formula is C23H28O13. The quantitative estimate of drug-likeness (QED) is 0.157. The van der Waals surface area contributed by atoms with Crippen LogP contribution in [0.5, 0.6) is 11.5 Å². The van der Waals surface area contributed by atoms with Gasteiger partial charge in [0.25, 0.3) is 0 Å². The molecule has 8 N–H and O–H groups in total. The summed E-state index contributed by atoms with van der Waals surface area (Å²) in [5.74, 6) is -2.48. The van der Waals surface area contributed by atoms with E-state index in [0.717, 1.165) is 0 Å². The standard InChI is InChI=1S/C17H16O6.C6H12O7/c18-16(19)12-2-6-14(7-3-12)22-10-1-11-23-15-8-4-13(5-9-15)17(20)21;7-1-2(8)3(9)4(10)5(11)6(12)13/h2-9H,1,10-11H2,(H,18,19)(H,20,21);2-5,7-11H,1H2,(H,12,13). The summed E-state index contributed by atoms with van der Waals surface area (Å²) in [5.41, 5.74) is 0.427. The summed E-state index contributed by atoms with van der Waals surface area (Å²) >= 11 is 0. The topological polar surface area (TPSA) is 232 Å². The zero-order valence-electron chi connectivity index (χ0n) is 18.9. The molecule has 13 nitrogen and oxygen atoms in total. The molecule has 0 saturated heterocycles. The zero-order chi connectivity index (χ0) is 27.3. The molecule has 13 heteroatoms. The first kappa shape index (κ1) is 30.3. The third-order valence-corrected chi connectivity index (χ3v) is 4.54. The van der Waals surface area contributed by atoms with Gasteiger partial charge in [-0.2, -0.15) is 0 Å². The van der Waals surface area contributed by atoms with Crippen molar-refractivity contribution in [2.24, 2.45) is 0 Å². The highest BCUT2D eigenvalue weighted by Gasteiger charge is 2.33. The third kappa shape index (κ3) is 10.2. The predicted octanol–water partition coefficient (Wildman–Crippen LogP) is -0.562. The molecular weight excluding hydrogens is 484 g/mol. The minimum Gasteiger partial charge on any atom is -0.493 e. The summed E-state index contributed by atoms with van der Waals surface area (Å²) in [7, 11) is 0. The maximum absolute atomic E-state index is 10.7. The highest BCUT2D eigenvalue weighted by molar-refractivity contribution is 5.88. The fraction of sp³-hybridized carbons (Fsp3) is 0.348. The van der Waals surface area contributed by atoms with E-state index < -0.39 is 48.9 Å². The number of ether oxygens (including phenoxy) is 2. The molecule has 4 atom stereocenters. The Kier molecular flexibility index (Phi) is 12.9. The van der Waals surface area contributed by atoms with Crippen molar-refractivity contribution in [3.8, 4) is 11.5 Å². The number of benzene rings is 2. The van der Waals surface area contributed by atoms with E-state index >= 15 is 0 Å². The normalized spacial score (nSPS) is 13.8. The molecule has 0 bridgehead atoms. The lowest BCUT2D eigenvalue weighted by Crippen LogP contribution is -2.48. The van der Waals surface area contributed by atoms with Gasteiger partial charge in [-0.1, -0.05) is 0 Å². The lowest BCUT2D eigenvalue weighted by atomic mass is 10.0. The highest BCUT2D eigenvalue weighted by atomic mass is 16.5. The van der Waals surface area contributed by atoms with Gasteiger partial charge >= 0.3 is 17.9 Å². The van der Waals surface area contributed by atoms with Gasteiger partial charge in [0.2, 0.25) is 0 Å². The molecule has 0 fully saturated rings. The van der Waals surface area contributed by atoms with Crippen molar-refractivity contribution < 1.29 is 64.7 Å². The molecule has 0 spiro atoms. The van der Waals surface area contributed by atoms with Gasteiger partial charge in [0, 0.05) is 6.42 Å². The van der Waals surface area contributed by atoms with E-state index in [1.54, 1.807) is 24.3 Å². The van der Waals surface area contributed by atoms with Gasteiger partial charge in [0.15, 0.2) is 6.10 Å². The first-order chi connectivity index (χ1) is 17.0. The fourth-order valence-electron chi connectivity index (χ4n) is 2.49. The van der Waals surface area contributed by atoms with Crippen molar-refractivity contribution in [1.29, 1.82) is 0 Å². The lowest BCUT2D eigenvalue weighted by Gasteiger charge is -2.23. The Hall–Kier alpha value is -3.75. The van der Waals surface area contributed by atoms with Crippen molar-refractivity contribution in [3.05, 3.63) is 59.7 Å². The van der Waals surface area contributed by atoms with E-state index in [9.17, 15) is 14.4 Å². The number of carboxylic acid groups (broad SMARTS) is 3. The number of aliphatic hydroxyl groups is 5. The van der Waals surface area contributed by atoms with Crippen LogP contribution in [0.1, 0.15) is 27.1 Å². The van der Waals surface area contributed by atoms with E-state index in [1.807, 2.05) is 0 Å². The number of hydrogen-bond acceptors (Lipinski definition) is 10. The van der Waals surface area contributed by atoms with Gasteiger partial charge in [-0.15, -0.1) is 0 Å². The van der Waals surface area contributed by atoms with Gasteiger partial charge in [0.05, 0.1) is 30.9 Å². The summed E-state index contributed by atoms with van der Waals surface area (Å²) in [6, 6.07) is 12.4. The second kappa shape index (κ2) is 15.3. The van der Waals surface area contributed by atoms with E-state index in [1.165, 1.54) is 24.3 Å². The maximum atomic E-state index is 10.7. The minimum absolute atomic E-state index is 0.213. The Morgan fingerprint density at radius 1 is 0.667 bits per heavy atom. The van der Waals surface area contributed by atoms with Crippen molar-refractivity contribution in [2.75, 3.05) is 19.8 Å². The van der Waals surface area contributed by atoms with Crippen LogP contribution < -0.4 is 9.47 Å². The van der Waals surface area contributed by atoms with E-state index in [0.29, 0.717) is 31.1 Å². The van der Waals surface area contributed by atoms with Crippen LogP contribution in [-0.2, 0) is 4.79 Å². The smallest absolute Gasteiger partial charge is 0.335 e. The molecule has 0 saturated carbocycles. The molecule has 0 aliphatic carbocycles. The second-order valence-corrected chi connectivity index (χ2v) is 7.22. The summed E-state index contributed by atoms with van der Waals surface area (Å²) in [6.07, 6.45) is -7.20. The number of carbonyl (C=O) groups is 3. The molecule has 0 aromatic heterocycles. The molecule has 0 aliphatic rings. The Bertz CT molecular complexity index is 899. The molecule has 2 aromatic rings. The highest BCUT2D eigenvalue weighted by Crippen LogP contribution is 2.14. The zero-order valence-corrected chi connectivity index (χ0v) is 18.9. The van der Waals surface area contributed by atoms with Gasteiger partial charge < -0.3 is 50.3 Å². The number of carboxylic acids is 3. The second-order valence-electron chi connectivity index (χ2n) is 7.22. The molecule has 36 heavy (non-hydrogen) atoms. The van der Waals surface area contributed by atoms with Crippen molar-refractivity contribution >= 4 is 17.9 Å². The average molecular weight is 512 g/mol. The first-order valence-electron chi connectivity index (χ1n) is 10.5. The van der Waals surface area contributed by atoms with E-state index in [-0.39, 0.29) is 11.1 Å². The van der Waals surface area contributed by atoms with Crippen molar-refractivity contribution in [3.63, 3.8) is 0 Å². The maximum Gasteiger partial charge on any atom is 0.335 e. The Balaban J connectivity index is 0.000000426. The summed E-state index contributed by atoms with van der Waals surface area (Å²) in [6.45, 7) is 0.0177. The largest absolute Gasteiger partial charge is 0.493 e. The minimum atomic E-state index is -2.20. The number of hydrogen-bond donors (Lipinski definition) is 8. The van der Waals surface area contributed by atoms with Crippen LogP contribution in [0.2, 0.25) is 0 Å². The van der Waals surface area contributed by atoms with Gasteiger partial charge in [-0.25, -0.2) is 14.4 Å². The van der Waals surface area contributed by atoms with Crippen molar-refractivity contribution in [1.82, 2.24) is 0 Å². The summed E-state index contributed by atoms with van der Waals surface area (Å²) < 4.78 is 11.0. The van der Waals surface area contributed by atoms with E-state index in [4.69, 9.17) is 50.3 Å². The number of aliphatic carboxylic acids is 1. The predicted molar refractivity (Wildman–Crippen MR) is 121 cm³/mol. The monoisotopic (exact) mass is 512 g/mol. The van der Waals surface area contributed by atoms with E-state index in [2.05, 4.69) is 0 Å². The Labute approximate surface area is 205 Å². The fourth-order valence-corrected chi connectivity index (χ4v) is 2.49. The Morgan fingerprint density at radius 3 is 1.36 bits per heavy atom. The Morgan fingerprint density at radius 2 is 1.06 bits per heavy atom. The van der Waals surface area contributed by atoms with Gasteiger partial charge in [-0.3, -0.25) is 0 Å². The average Bonchev–Trinajstić information content (AvgIpc) is 2.87. The SMILES string of the molecule is O=C(O)C(O)C(O)C(O)C(O)CO.O=C(O)c1ccc(OCCCOc2ccc(C(=O)O)cc2)cc1.